The Balaban J connectivity index is 1.57. The van der Waals surface area contributed by atoms with Gasteiger partial charge in [-0.05, 0) is 61.7 Å². The van der Waals surface area contributed by atoms with Crippen LogP contribution in [-0.4, -0.2) is 70.6 Å². The van der Waals surface area contributed by atoms with Crippen molar-refractivity contribution in [2.75, 3.05) is 32.8 Å². The van der Waals surface area contributed by atoms with Crippen LogP contribution in [-0.2, 0) is 6.54 Å². The van der Waals surface area contributed by atoms with E-state index in [1.165, 1.54) is 11.6 Å². The van der Waals surface area contributed by atoms with Crippen LogP contribution in [0.3, 0.4) is 0 Å². The van der Waals surface area contributed by atoms with Crippen LogP contribution in [0.25, 0.3) is 0 Å². The van der Waals surface area contributed by atoms with Gasteiger partial charge in [-0.15, -0.1) is 0 Å². The molecule has 3 aromatic rings. The van der Waals surface area contributed by atoms with E-state index in [9.17, 15) is 14.3 Å². The Morgan fingerprint density at radius 2 is 1.68 bits per heavy atom. The average Bonchev–Trinajstić information content (AvgIpc) is 2.91. The third-order valence-electron chi connectivity index (χ3n) is 7.40. The molecule has 3 aromatic carbocycles. The number of piperazine rings is 1. The highest BCUT2D eigenvalue weighted by atomic mass is 19.1. The lowest BCUT2D eigenvalue weighted by atomic mass is 9.92. The van der Waals surface area contributed by atoms with E-state index in [0.29, 0.717) is 24.7 Å². The van der Waals surface area contributed by atoms with Crippen molar-refractivity contribution in [1.29, 1.82) is 0 Å². The Hall–Kier alpha value is -3.06. The number of nitrogens with zero attached hydrogens (tertiary/aromatic N) is 3. The first-order valence-corrected chi connectivity index (χ1v) is 13.2. The van der Waals surface area contributed by atoms with Crippen molar-refractivity contribution in [3.05, 3.63) is 107 Å². The molecule has 1 aliphatic rings. The van der Waals surface area contributed by atoms with Gasteiger partial charge in [-0.2, -0.15) is 0 Å². The highest BCUT2D eigenvalue weighted by molar-refractivity contribution is 5.94. The second kappa shape index (κ2) is 12.5. The summed E-state index contributed by atoms with van der Waals surface area (Å²) in [5, 5.41) is 9.29. The molecule has 196 valence electrons. The molecule has 37 heavy (non-hydrogen) atoms. The minimum absolute atomic E-state index is 0.0466. The minimum atomic E-state index is -0.193. The summed E-state index contributed by atoms with van der Waals surface area (Å²) in [7, 11) is 0. The third-order valence-corrected chi connectivity index (χ3v) is 7.40. The van der Waals surface area contributed by atoms with Crippen LogP contribution in [0.1, 0.15) is 53.9 Å². The van der Waals surface area contributed by atoms with E-state index >= 15 is 0 Å². The first kappa shape index (κ1) is 27.0. The number of carbonyl (C=O) groups is 1. The quantitative estimate of drug-likeness (QED) is 0.448. The molecule has 0 aliphatic carbocycles. The molecular weight excluding hydrogens is 465 g/mol. The zero-order valence-electron chi connectivity index (χ0n) is 22.1. The maximum absolute atomic E-state index is 13.8. The van der Waals surface area contributed by atoms with Gasteiger partial charge in [0.2, 0.25) is 0 Å². The Morgan fingerprint density at radius 1 is 0.973 bits per heavy atom. The first-order valence-electron chi connectivity index (χ1n) is 13.2. The Morgan fingerprint density at radius 3 is 2.32 bits per heavy atom. The molecule has 0 saturated carbocycles. The van der Waals surface area contributed by atoms with Gasteiger partial charge in [0.15, 0.2) is 0 Å². The molecule has 1 aliphatic heterocycles. The van der Waals surface area contributed by atoms with E-state index in [1.54, 1.807) is 17.0 Å². The Labute approximate surface area is 220 Å². The summed E-state index contributed by atoms with van der Waals surface area (Å²) in [6, 6.07) is 26.0. The normalized spacial score (nSPS) is 19.5. The predicted octanol–water partition coefficient (Wildman–Crippen LogP) is 4.96. The maximum Gasteiger partial charge on any atom is 0.253 e. The molecule has 0 spiro atoms. The van der Waals surface area contributed by atoms with Crippen LogP contribution in [0.5, 0.6) is 0 Å². The number of benzene rings is 3. The van der Waals surface area contributed by atoms with Crippen LogP contribution < -0.4 is 0 Å². The summed E-state index contributed by atoms with van der Waals surface area (Å²) in [5.74, 6) is -0.256. The van der Waals surface area contributed by atoms with Crippen molar-refractivity contribution in [2.45, 2.75) is 45.4 Å². The van der Waals surface area contributed by atoms with Crippen molar-refractivity contribution in [3.8, 4) is 0 Å². The van der Waals surface area contributed by atoms with E-state index in [1.807, 2.05) is 31.2 Å². The van der Waals surface area contributed by atoms with Crippen LogP contribution in [0.2, 0.25) is 0 Å². The molecule has 0 radical (unpaired) electrons. The fourth-order valence-corrected chi connectivity index (χ4v) is 5.40. The monoisotopic (exact) mass is 503 g/mol. The van der Waals surface area contributed by atoms with Crippen LogP contribution in [0, 0.1) is 5.82 Å². The molecule has 1 heterocycles. The molecule has 4 rings (SSSR count). The van der Waals surface area contributed by atoms with Crippen molar-refractivity contribution in [1.82, 2.24) is 14.7 Å². The maximum atomic E-state index is 13.8. The third kappa shape index (κ3) is 6.45. The summed E-state index contributed by atoms with van der Waals surface area (Å²) in [6.07, 6.45) is 0. The number of aliphatic hydroxyl groups excluding tert-OH is 1. The zero-order valence-corrected chi connectivity index (χ0v) is 22.1. The molecule has 5 nitrogen and oxygen atoms in total. The zero-order chi connectivity index (χ0) is 26.4. The number of rotatable bonds is 9. The van der Waals surface area contributed by atoms with Gasteiger partial charge in [0.1, 0.15) is 5.82 Å². The molecule has 0 bridgehead atoms. The number of carbonyl (C=O) groups excluding carboxylic acids is 1. The number of aliphatic hydroxyl groups is 1. The number of amides is 1. The van der Waals surface area contributed by atoms with Gasteiger partial charge in [-0.25, -0.2) is 4.39 Å². The van der Waals surface area contributed by atoms with E-state index in [0.717, 1.165) is 30.8 Å². The number of hydrogen-bond donors (Lipinski definition) is 1. The molecule has 0 aromatic heterocycles. The molecular formula is C31H38FN3O2. The summed E-state index contributed by atoms with van der Waals surface area (Å²) < 4.78 is 13.8. The molecule has 1 amide bonds. The molecule has 1 saturated heterocycles. The fraction of sp³-hybridized carbons (Fsp3) is 0.387. The topological polar surface area (TPSA) is 47.0 Å². The van der Waals surface area contributed by atoms with Gasteiger partial charge in [0, 0.05) is 50.4 Å². The van der Waals surface area contributed by atoms with Crippen LogP contribution in [0.4, 0.5) is 4.39 Å². The first-order chi connectivity index (χ1) is 17.9. The largest absolute Gasteiger partial charge is 0.395 e. The Kier molecular flexibility index (Phi) is 9.09. The summed E-state index contributed by atoms with van der Waals surface area (Å²) in [6.45, 7) is 9.74. The lowest BCUT2D eigenvalue weighted by Gasteiger charge is -2.47. The number of hydrogen-bond acceptors (Lipinski definition) is 4. The predicted molar refractivity (Wildman–Crippen MR) is 146 cm³/mol. The van der Waals surface area contributed by atoms with Gasteiger partial charge in [-0.3, -0.25) is 14.6 Å². The SMILES string of the molecule is CCN(CCO)C(=O)c1ccc([C@H](c2ccccc2)N2C[C@@H](C)N(Cc3cccc(F)c3)C[C@@H]2C)cc1. The average molecular weight is 504 g/mol. The lowest BCUT2D eigenvalue weighted by Crippen LogP contribution is -2.56. The second-order valence-corrected chi connectivity index (χ2v) is 10.00. The van der Waals surface area contributed by atoms with E-state index < -0.39 is 0 Å². The standard InChI is InChI=1S/C31H38FN3O2/c1-4-33(17-18-36)31(37)28-15-13-27(14-16-28)30(26-10-6-5-7-11-26)35-21-23(2)34(20-24(35)3)22-25-9-8-12-29(32)19-25/h5-16,19,23-24,30,36H,4,17-18,20-22H2,1-3H3/t23-,24+,30+/m1/s1. The smallest absolute Gasteiger partial charge is 0.253 e. The van der Waals surface area contributed by atoms with E-state index in [-0.39, 0.29) is 30.4 Å². The van der Waals surface area contributed by atoms with Crippen molar-refractivity contribution in [3.63, 3.8) is 0 Å². The summed E-state index contributed by atoms with van der Waals surface area (Å²) in [5.41, 5.74) is 3.99. The van der Waals surface area contributed by atoms with E-state index in [4.69, 9.17) is 0 Å². The van der Waals surface area contributed by atoms with Crippen LogP contribution in [0.15, 0.2) is 78.9 Å². The van der Waals surface area contributed by atoms with Crippen molar-refractivity contribution in [2.24, 2.45) is 0 Å². The minimum Gasteiger partial charge on any atom is -0.395 e. The van der Waals surface area contributed by atoms with Gasteiger partial charge >= 0.3 is 0 Å². The summed E-state index contributed by atoms with van der Waals surface area (Å²) in [4.78, 5) is 19.5. The highest BCUT2D eigenvalue weighted by Gasteiger charge is 2.34. The van der Waals surface area contributed by atoms with Crippen LogP contribution >= 0.6 is 0 Å². The van der Waals surface area contributed by atoms with E-state index in [2.05, 4.69) is 60.0 Å². The summed E-state index contributed by atoms with van der Waals surface area (Å²) >= 11 is 0. The van der Waals surface area contributed by atoms with Gasteiger partial charge in [-0.1, -0.05) is 54.6 Å². The fourth-order valence-electron chi connectivity index (χ4n) is 5.40. The van der Waals surface area contributed by atoms with Gasteiger partial charge in [0.05, 0.1) is 12.6 Å². The van der Waals surface area contributed by atoms with Crippen molar-refractivity contribution >= 4 is 5.91 Å². The Bertz CT molecular complexity index is 1150. The highest BCUT2D eigenvalue weighted by Crippen LogP contribution is 2.34. The lowest BCUT2D eigenvalue weighted by molar-refractivity contribution is 0.0195. The molecule has 1 N–H and O–H groups in total. The number of halogens is 1. The number of likely N-dealkylation sites (N-methyl/N-ethyl adjacent to an activating group) is 1. The van der Waals surface area contributed by atoms with Gasteiger partial charge < -0.3 is 10.0 Å². The molecule has 1 fully saturated rings. The molecule has 0 unspecified atom stereocenters. The van der Waals surface area contributed by atoms with Crippen molar-refractivity contribution < 1.29 is 14.3 Å². The molecule has 6 heteroatoms. The second-order valence-electron chi connectivity index (χ2n) is 10.00. The van der Waals surface area contributed by atoms with Gasteiger partial charge in [0.25, 0.3) is 5.91 Å². The molecule has 3 atom stereocenters.